The second-order valence-corrected chi connectivity index (χ2v) is 6.45. The summed E-state index contributed by atoms with van der Waals surface area (Å²) >= 11 is 0. The van der Waals surface area contributed by atoms with Crippen molar-refractivity contribution in [3.05, 3.63) is 0 Å². The van der Waals surface area contributed by atoms with E-state index in [2.05, 4.69) is 39.5 Å². The number of carbonyl (C=O) groups is 1. The van der Waals surface area contributed by atoms with Crippen molar-refractivity contribution >= 4 is 5.91 Å². The van der Waals surface area contributed by atoms with Crippen molar-refractivity contribution in [1.82, 2.24) is 9.80 Å². The third-order valence-electron chi connectivity index (χ3n) is 4.18. The summed E-state index contributed by atoms with van der Waals surface area (Å²) in [7, 11) is 0. The smallest absolute Gasteiger partial charge is 0.237 e. The lowest BCUT2D eigenvalue weighted by Crippen LogP contribution is -2.51. The highest BCUT2D eigenvalue weighted by Gasteiger charge is 2.29. The highest BCUT2D eigenvalue weighted by atomic mass is 16.2. The van der Waals surface area contributed by atoms with Crippen LogP contribution in [0.4, 0.5) is 0 Å². The van der Waals surface area contributed by atoms with Crippen molar-refractivity contribution in [1.29, 1.82) is 0 Å². The zero-order valence-electron chi connectivity index (χ0n) is 13.2. The molecule has 0 radical (unpaired) electrons. The van der Waals surface area contributed by atoms with E-state index in [0.717, 1.165) is 19.5 Å². The van der Waals surface area contributed by atoms with Crippen LogP contribution in [0.25, 0.3) is 0 Å². The number of amides is 1. The van der Waals surface area contributed by atoms with E-state index in [0.29, 0.717) is 18.5 Å². The molecule has 112 valence electrons. The molecule has 0 bridgehead atoms. The summed E-state index contributed by atoms with van der Waals surface area (Å²) in [6.07, 6.45) is 2.35. The molecule has 0 aromatic heterocycles. The molecule has 4 nitrogen and oxygen atoms in total. The van der Waals surface area contributed by atoms with Crippen LogP contribution in [0, 0.1) is 5.92 Å². The Bertz CT molecular complexity index is 283. The summed E-state index contributed by atoms with van der Waals surface area (Å²) < 4.78 is 0. The Hall–Kier alpha value is -0.610. The maximum Gasteiger partial charge on any atom is 0.237 e. The van der Waals surface area contributed by atoms with E-state index in [-0.39, 0.29) is 18.0 Å². The molecule has 19 heavy (non-hydrogen) atoms. The van der Waals surface area contributed by atoms with Gasteiger partial charge in [0.2, 0.25) is 5.91 Å². The fourth-order valence-electron chi connectivity index (χ4n) is 3.10. The van der Waals surface area contributed by atoms with Crippen LogP contribution in [-0.2, 0) is 4.79 Å². The van der Waals surface area contributed by atoms with Gasteiger partial charge in [-0.05, 0) is 59.9 Å². The molecule has 0 aromatic rings. The number of hydrogen-bond donors (Lipinski definition) is 1. The first kappa shape index (κ1) is 16.4. The number of hydrogen-bond acceptors (Lipinski definition) is 3. The van der Waals surface area contributed by atoms with Crippen LogP contribution in [0.1, 0.15) is 47.5 Å². The number of nitrogens with zero attached hydrogens (tertiary/aromatic N) is 2. The van der Waals surface area contributed by atoms with E-state index in [4.69, 9.17) is 5.73 Å². The molecule has 1 aliphatic heterocycles. The maximum absolute atomic E-state index is 12.5. The fraction of sp³-hybridized carbons (Fsp3) is 0.933. The van der Waals surface area contributed by atoms with E-state index in [1.54, 1.807) is 0 Å². The van der Waals surface area contributed by atoms with Gasteiger partial charge >= 0.3 is 0 Å². The van der Waals surface area contributed by atoms with Crippen LogP contribution in [0.2, 0.25) is 0 Å². The highest BCUT2D eigenvalue weighted by Crippen LogP contribution is 2.21. The van der Waals surface area contributed by atoms with Crippen molar-refractivity contribution < 1.29 is 4.79 Å². The van der Waals surface area contributed by atoms with Gasteiger partial charge in [0.1, 0.15) is 0 Å². The Morgan fingerprint density at radius 3 is 2.32 bits per heavy atom. The van der Waals surface area contributed by atoms with E-state index < -0.39 is 0 Å². The Kier molecular flexibility index (Phi) is 6.27. The van der Waals surface area contributed by atoms with Gasteiger partial charge in [-0.2, -0.15) is 0 Å². The molecule has 1 fully saturated rings. The Morgan fingerprint density at radius 2 is 1.84 bits per heavy atom. The molecule has 2 N–H and O–H groups in total. The van der Waals surface area contributed by atoms with Crippen LogP contribution < -0.4 is 5.73 Å². The molecule has 0 spiro atoms. The molecule has 0 saturated carbocycles. The monoisotopic (exact) mass is 269 g/mol. The van der Waals surface area contributed by atoms with Crippen molar-refractivity contribution in [2.45, 2.75) is 65.6 Å². The molecule has 0 aliphatic carbocycles. The van der Waals surface area contributed by atoms with Crippen LogP contribution in [0.5, 0.6) is 0 Å². The topological polar surface area (TPSA) is 49.6 Å². The van der Waals surface area contributed by atoms with Crippen molar-refractivity contribution in [2.24, 2.45) is 11.7 Å². The third kappa shape index (κ3) is 4.46. The summed E-state index contributed by atoms with van der Waals surface area (Å²) in [5.41, 5.74) is 5.78. The molecule has 1 saturated heterocycles. The predicted molar refractivity (Wildman–Crippen MR) is 79.9 cm³/mol. The lowest BCUT2D eigenvalue weighted by atomic mass is 9.93. The summed E-state index contributed by atoms with van der Waals surface area (Å²) in [5, 5.41) is 0. The molecule has 1 rings (SSSR count). The SMILES string of the molecule is CC1CCC(CN)CN1CC(=O)N(C(C)C)C(C)C. The van der Waals surface area contributed by atoms with Crippen LogP contribution in [0.3, 0.4) is 0 Å². The summed E-state index contributed by atoms with van der Waals surface area (Å²) in [6, 6.07) is 1.02. The largest absolute Gasteiger partial charge is 0.337 e. The summed E-state index contributed by atoms with van der Waals surface area (Å²) in [4.78, 5) is 16.8. The van der Waals surface area contributed by atoms with E-state index in [9.17, 15) is 4.79 Å². The molecule has 1 heterocycles. The van der Waals surface area contributed by atoms with E-state index in [1.807, 2.05) is 4.90 Å². The first-order valence-electron chi connectivity index (χ1n) is 7.62. The van der Waals surface area contributed by atoms with Gasteiger partial charge in [-0.3, -0.25) is 9.69 Å². The second-order valence-electron chi connectivity index (χ2n) is 6.45. The molecule has 0 aromatic carbocycles. The zero-order valence-corrected chi connectivity index (χ0v) is 13.2. The molecular formula is C15H31N3O. The van der Waals surface area contributed by atoms with Gasteiger partial charge < -0.3 is 10.6 Å². The number of rotatable bonds is 5. The first-order valence-corrected chi connectivity index (χ1v) is 7.62. The molecule has 2 unspecified atom stereocenters. The highest BCUT2D eigenvalue weighted by molar-refractivity contribution is 5.78. The normalized spacial score (nSPS) is 25.1. The predicted octanol–water partition coefficient (Wildman–Crippen LogP) is 1.69. The first-order chi connectivity index (χ1) is 8.86. The van der Waals surface area contributed by atoms with E-state index in [1.165, 1.54) is 6.42 Å². The van der Waals surface area contributed by atoms with Crippen LogP contribution in [-0.4, -0.2) is 53.5 Å². The minimum atomic E-state index is 0.245. The van der Waals surface area contributed by atoms with Gasteiger partial charge in [0, 0.05) is 24.7 Å². The standard InChI is InChI=1S/C15H31N3O/c1-11(2)18(12(3)4)15(19)10-17-9-14(8-16)7-6-13(17)5/h11-14H,6-10,16H2,1-5H3. The molecule has 2 atom stereocenters. The van der Waals surface area contributed by atoms with Crippen molar-refractivity contribution in [3.63, 3.8) is 0 Å². The minimum absolute atomic E-state index is 0.245. The quantitative estimate of drug-likeness (QED) is 0.826. The van der Waals surface area contributed by atoms with Gasteiger partial charge in [0.05, 0.1) is 6.54 Å². The van der Waals surface area contributed by atoms with E-state index >= 15 is 0 Å². The Balaban J connectivity index is 2.63. The van der Waals surface area contributed by atoms with Crippen LogP contribution in [0.15, 0.2) is 0 Å². The Labute approximate surface area is 118 Å². The fourth-order valence-corrected chi connectivity index (χ4v) is 3.10. The van der Waals surface area contributed by atoms with Gasteiger partial charge in [-0.15, -0.1) is 0 Å². The average molecular weight is 269 g/mol. The lowest BCUT2D eigenvalue weighted by molar-refractivity contribution is -0.137. The third-order valence-corrected chi connectivity index (χ3v) is 4.18. The van der Waals surface area contributed by atoms with Gasteiger partial charge in [-0.25, -0.2) is 0 Å². The van der Waals surface area contributed by atoms with Crippen LogP contribution >= 0.6 is 0 Å². The number of carbonyl (C=O) groups excluding carboxylic acids is 1. The molecule has 4 heteroatoms. The van der Waals surface area contributed by atoms with Gasteiger partial charge in [0.15, 0.2) is 0 Å². The van der Waals surface area contributed by atoms with Gasteiger partial charge in [-0.1, -0.05) is 0 Å². The summed E-state index contributed by atoms with van der Waals surface area (Å²) in [5.74, 6) is 0.796. The number of likely N-dealkylation sites (tertiary alicyclic amines) is 1. The van der Waals surface area contributed by atoms with Gasteiger partial charge in [0.25, 0.3) is 0 Å². The van der Waals surface area contributed by atoms with Crippen molar-refractivity contribution in [3.8, 4) is 0 Å². The second kappa shape index (κ2) is 7.25. The number of piperidine rings is 1. The lowest BCUT2D eigenvalue weighted by Gasteiger charge is -2.39. The number of nitrogens with two attached hydrogens (primary N) is 1. The average Bonchev–Trinajstić information content (AvgIpc) is 2.30. The maximum atomic E-state index is 12.5. The Morgan fingerprint density at radius 1 is 1.26 bits per heavy atom. The molecule has 1 aliphatic rings. The summed E-state index contributed by atoms with van der Waals surface area (Å²) in [6.45, 7) is 12.8. The van der Waals surface area contributed by atoms with Crippen molar-refractivity contribution in [2.75, 3.05) is 19.6 Å². The zero-order chi connectivity index (χ0) is 14.6. The minimum Gasteiger partial charge on any atom is -0.337 e. The molecule has 1 amide bonds. The molecular weight excluding hydrogens is 238 g/mol.